The quantitative estimate of drug-likeness (QED) is 0.457. The van der Waals surface area contributed by atoms with Crippen LogP contribution in [0.5, 0.6) is 0 Å². The number of hydrogen-bond donors (Lipinski definition) is 2. The number of carbonyl (C=O) groups excluding carboxylic acids is 1. The monoisotopic (exact) mass is 244 g/mol. The Balaban J connectivity index is 3.62. The Morgan fingerprint density at radius 2 is 1.47 bits per heavy atom. The Morgan fingerprint density at radius 3 is 1.94 bits per heavy atom. The fraction of sp³-hybridized carbons (Fsp3) is 0.846. The van der Waals surface area contributed by atoms with Crippen molar-refractivity contribution in [1.29, 1.82) is 0 Å². The molecule has 0 aromatic heterocycles. The van der Waals surface area contributed by atoms with E-state index in [2.05, 4.69) is 6.92 Å². The first kappa shape index (κ1) is 16.1. The highest BCUT2D eigenvalue weighted by atomic mass is 16.4. The van der Waals surface area contributed by atoms with Gasteiger partial charge in [-0.1, -0.05) is 45.4 Å². The molecule has 100 valence electrons. The molecule has 0 aromatic carbocycles. The Bertz CT molecular complexity index is 246. The fourth-order valence-corrected chi connectivity index (χ4v) is 1.61. The van der Waals surface area contributed by atoms with Gasteiger partial charge >= 0.3 is 5.97 Å². The van der Waals surface area contributed by atoms with Crippen molar-refractivity contribution in [3.05, 3.63) is 0 Å². The second-order valence-electron chi connectivity index (χ2n) is 4.67. The van der Waals surface area contributed by atoms with Crippen LogP contribution in [0.4, 0.5) is 0 Å². The Labute approximate surface area is 103 Å². The molecule has 1 unspecified atom stereocenters. The maximum atomic E-state index is 11.4. The maximum Gasteiger partial charge on any atom is 0.343 e. The second kappa shape index (κ2) is 8.23. The lowest BCUT2D eigenvalue weighted by Crippen LogP contribution is -2.43. The minimum atomic E-state index is -2.22. The van der Waals surface area contributed by atoms with E-state index < -0.39 is 17.4 Å². The highest BCUT2D eigenvalue weighted by molar-refractivity contribution is 6.05. The van der Waals surface area contributed by atoms with Crippen molar-refractivity contribution in [3.8, 4) is 0 Å². The van der Waals surface area contributed by atoms with E-state index in [0.29, 0.717) is 6.42 Å². The van der Waals surface area contributed by atoms with Crippen LogP contribution in [-0.4, -0.2) is 27.6 Å². The number of rotatable bonds is 10. The summed E-state index contributed by atoms with van der Waals surface area (Å²) in [5.41, 5.74) is -2.22. The van der Waals surface area contributed by atoms with Crippen molar-refractivity contribution >= 4 is 11.8 Å². The average molecular weight is 244 g/mol. The van der Waals surface area contributed by atoms with Crippen LogP contribution in [0.15, 0.2) is 0 Å². The van der Waals surface area contributed by atoms with Gasteiger partial charge in [-0.25, -0.2) is 4.79 Å². The van der Waals surface area contributed by atoms with Crippen molar-refractivity contribution in [1.82, 2.24) is 0 Å². The van der Waals surface area contributed by atoms with Crippen LogP contribution >= 0.6 is 0 Å². The number of aliphatic hydroxyl groups is 1. The van der Waals surface area contributed by atoms with Gasteiger partial charge in [-0.2, -0.15) is 0 Å². The molecule has 4 nitrogen and oxygen atoms in total. The molecule has 2 N–H and O–H groups in total. The number of carboxylic acid groups (broad SMARTS) is 1. The molecule has 0 fully saturated rings. The zero-order chi connectivity index (χ0) is 13.3. The number of Topliss-reactive ketones (excluding diaryl/α,β-unsaturated/α-hetero) is 1. The van der Waals surface area contributed by atoms with Gasteiger partial charge in [0.15, 0.2) is 5.78 Å². The Hall–Kier alpha value is -0.900. The van der Waals surface area contributed by atoms with Crippen molar-refractivity contribution < 1.29 is 19.8 Å². The van der Waals surface area contributed by atoms with Gasteiger partial charge in [0.1, 0.15) is 0 Å². The summed E-state index contributed by atoms with van der Waals surface area (Å²) < 4.78 is 0. The summed E-state index contributed by atoms with van der Waals surface area (Å²) in [6.45, 7) is 3.20. The lowest BCUT2D eigenvalue weighted by molar-refractivity contribution is -0.163. The third-order valence-electron chi connectivity index (χ3n) is 2.97. The van der Waals surface area contributed by atoms with E-state index in [1.54, 1.807) is 0 Å². The molecule has 0 spiro atoms. The van der Waals surface area contributed by atoms with Gasteiger partial charge in [0.2, 0.25) is 5.60 Å². The van der Waals surface area contributed by atoms with Gasteiger partial charge in [0.05, 0.1) is 0 Å². The summed E-state index contributed by atoms with van der Waals surface area (Å²) in [4.78, 5) is 22.0. The molecule has 0 aliphatic rings. The molecule has 0 rings (SSSR count). The van der Waals surface area contributed by atoms with E-state index in [0.717, 1.165) is 26.2 Å². The number of carboxylic acids is 1. The number of hydrogen-bond acceptors (Lipinski definition) is 3. The van der Waals surface area contributed by atoms with E-state index in [9.17, 15) is 14.7 Å². The first-order valence-electron chi connectivity index (χ1n) is 6.42. The van der Waals surface area contributed by atoms with Crippen LogP contribution in [0.2, 0.25) is 0 Å². The largest absolute Gasteiger partial charge is 0.479 e. The molecule has 17 heavy (non-hydrogen) atoms. The molecular weight excluding hydrogens is 220 g/mol. The van der Waals surface area contributed by atoms with Crippen molar-refractivity contribution in [2.24, 2.45) is 0 Å². The van der Waals surface area contributed by atoms with Gasteiger partial charge in [-0.05, 0) is 13.3 Å². The van der Waals surface area contributed by atoms with Crippen molar-refractivity contribution in [2.45, 2.75) is 70.8 Å². The van der Waals surface area contributed by atoms with E-state index in [1.165, 1.54) is 19.3 Å². The highest BCUT2D eigenvalue weighted by Crippen LogP contribution is 2.13. The predicted octanol–water partition coefficient (Wildman–Crippen LogP) is 2.53. The Morgan fingerprint density at radius 1 is 1.00 bits per heavy atom. The normalized spacial score (nSPS) is 14.3. The van der Waals surface area contributed by atoms with Gasteiger partial charge in [0, 0.05) is 6.42 Å². The molecule has 0 amide bonds. The number of aliphatic carboxylic acids is 1. The number of carbonyl (C=O) groups is 2. The first-order valence-corrected chi connectivity index (χ1v) is 6.42. The van der Waals surface area contributed by atoms with E-state index in [-0.39, 0.29) is 6.42 Å². The lowest BCUT2D eigenvalue weighted by Gasteiger charge is -2.15. The summed E-state index contributed by atoms with van der Waals surface area (Å²) in [6.07, 6.45) is 7.64. The predicted molar refractivity (Wildman–Crippen MR) is 65.9 cm³/mol. The molecule has 4 heteroatoms. The molecule has 0 saturated carbocycles. The number of unbranched alkanes of at least 4 members (excludes halogenated alkanes) is 6. The minimum Gasteiger partial charge on any atom is -0.479 e. The van der Waals surface area contributed by atoms with Crippen LogP contribution in [0.25, 0.3) is 0 Å². The van der Waals surface area contributed by atoms with E-state index >= 15 is 0 Å². The fourth-order valence-electron chi connectivity index (χ4n) is 1.61. The smallest absolute Gasteiger partial charge is 0.343 e. The maximum absolute atomic E-state index is 11.4. The van der Waals surface area contributed by atoms with Crippen LogP contribution < -0.4 is 0 Å². The van der Waals surface area contributed by atoms with Crippen LogP contribution in [0.1, 0.15) is 65.2 Å². The van der Waals surface area contributed by atoms with Crippen molar-refractivity contribution in [2.75, 3.05) is 0 Å². The van der Waals surface area contributed by atoms with Crippen LogP contribution in [0.3, 0.4) is 0 Å². The third-order valence-corrected chi connectivity index (χ3v) is 2.97. The first-order chi connectivity index (χ1) is 7.92. The zero-order valence-electron chi connectivity index (χ0n) is 10.9. The molecular formula is C13H24O4. The zero-order valence-corrected chi connectivity index (χ0v) is 10.9. The second-order valence-corrected chi connectivity index (χ2v) is 4.67. The molecule has 0 saturated heterocycles. The SMILES string of the molecule is CCCCCCCCCC(=O)C(C)(O)C(=O)O. The molecule has 0 aromatic rings. The van der Waals surface area contributed by atoms with Crippen molar-refractivity contribution in [3.63, 3.8) is 0 Å². The van der Waals surface area contributed by atoms with E-state index in [4.69, 9.17) is 5.11 Å². The van der Waals surface area contributed by atoms with Gasteiger partial charge in [0.25, 0.3) is 0 Å². The standard InChI is InChI=1S/C13H24O4/c1-3-4-5-6-7-8-9-10-11(14)13(2,17)12(15)16/h17H,3-10H2,1-2H3,(H,15,16). The van der Waals surface area contributed by atoms with Crippen LogP contribution in [0, 0.1) is 0 Å². The summed E-state index contributed by atoms with van der Waals surface area (Å²) >= 11 is 0. The van der Waals surface area contributed by atoms with Gasteiger partial charge in [-0.15, -0.1) is 0 Å². The highest BCUT2D eigenvalue weighted by Gasteiger charge is 2.37. The molecule has 0 aliphatic carbocycles. The topological polar surface area (TPSA) is 74.6 Å². The Kier molecular flexibility index (Phi) is 7.79. The summed E-state index contributed by atoms with van der Waals surface area (Å²) in [7, 11) is 0. The van der Waals surface area contributed by atoms with E-state index in [1.807, 2.05) is 0 Å². The molecule has 0 aliphatic heterocycles. The minimum absolute atomic E-state index is 0.146. The summed E-state index contributed by atoms with van der Waals surface area (Å²) in [5.74, 6) is -2.07. The average Bonchev–Trinajstić information content (AvgIpc) is 2.27. The third kappa shape index (κ3) is 6.41. The van der Waals surface area contributed by atoms with Gasteiger partial charge < -0.3 is 10.2 Å². The molecule has 0 bridgehead atoms. The molecule has 1 atom stereocenters. The molecule has 0 radical (unpaired) electrons. The lowest BCUT2D eigenvalue weighted by atomic mass is 9.96. The number of ketones is 1. The summed E-state index contributed by atoms with van der Waals surface area (Å²) in [6, 6.07) is 0. The van der Waals surface area contributed by atoms with Gasteiger partial charge in [-0.3, -0.25) is 4.79 Å². The summed E-state index contributed by atoms with van der Waals surface area (Å²) in [5, 5.41) is 18.0. The molecule has 0 heterocycles. The van der Waals surface area contributed by atoms with Crippen LogP contribution in [-0.2, 0) is 9.59 Å².